The molecule has 0 aliphatic carbocycles. The van der Waals surface area contributed by atoms with Gasteiger partial charge in [0.25, 0.3) is 11.8 Å². The van der Waals surface area contributed by atoms with Crippen molar-refractivity contribution in [1.29, 1.82) is 5.26 Å². The maximum atomic E-state index is 12.5. The van der Waals surface area contributed by atoms with E-state index >= 15 is 0 Å². The molecule has 0 saturated carbocycles. The highest BCUT2D eigenvalue weighted by Crippen LogP contribution is 2.29. The van der Waals surface area contributed by atoms with E-state index < -0.39 is 5.25 Å². The topological polar surface area (TPSA) is 115 Å². The molecule has 2 N–H and O–H groups in total. The van der Waals surface area contributed by atoms with E-state index in [9.17, 15) is 14.4 Å². The number of amidine groups is 1. The number of rotatable bonds is 6. The van der Waals surface area contributed by atoms with E-state index in [4.69, 9.17) is 5.26 Å². The highest BCUT2D eigenvalue weighted by Gasteiger charge is 2.33. The molecule has 34 heavy (non-hydrogen) atoms. The van der Waals surface area contributed by atoms with Gasteiger partial charge in [-0.05, 0) is 61.2 Å². The lowest BCUT2D eigenvalue weighted by molar-refractivity contribution is -0.121. The second-order valence-electron chi connectivity index (χ2n) is 8.20. The number of likely N-dealkylation sites (tertiary alicyclic amines) is 1. The minimum absolute atomic E-state index is 0.0500. The summed E-state index contributed by atoms with van der Waals surface area (Å²) in [6.45, 7) is 1.81. The van der Waals surface area contributed by atoms with Crippen LogP contribution in [0, 0.1) is 11.3 Å². The highest BCUT2D eigenvalue weighted by atomic mass is 32.2. The predicted octanol–water partition coefficient (Wildman–Crippen LogP) is 3.82. The van der Waals surface area contributed by atoms with E-state index in [2.05, 4.69) is 26.6 Å². The number of aliphatic imine (C=N–C) groups is 1. The Bertz CT molecular complexity index is 1130. The van der Waals surface area contributed by atoms with Gasteiger partial charge in [-0.1, -0.05) is 23.9 Å². The molecule has 1 unspecified atom stereocenters. The Labute approximate surface area is 202 Å². The number of nitriles is 1. The first-order chi connectivity index (χ1) is 16.5. The van der Waals surface area contributed by atoms with Crippen molar-refractivity contribution in [1.82, 2.24) is 4.90 Å². The van der Waals surface area contributed by atoms with Crippen LogP contribution in [0.4, 0.5) is 11.4 Å². The van der Waals surface area contributed by atoms with Crippen LogP contribution in [0.5, 0.6) is 0 Å². The third-order valence-corrected chi connectivity index (χ3v) is 6.87. The number of hydrogen-bond donors (Lipinski definition) is 2. The second-order valence-corrected chi connectivity index (χ2v) is 9.37. The van der Waals surface area contributed by atoms with Crippen LogP contribution in [-0.4, -0.2) is 46.1 Å². The van der Waals surface area contributed by atoms with Gasteiger partial charge >= 0.3 is 0 Å². The number of hydrogen-bond acceptors (Lipinski definition) is 6. The lowest BCUT2D eigenvalue weighted by Gasteiger charge is -2.27. The molecule has 0 bridgehead atoms. The van der Waals surface area contributed by atoms with Crippen LogP contribution in [-0.2, 0) is 16.0 Å². The summed E-state index contributed by atoms with van der Waals surface area (Å²) in [7, 11) is 0. The summed E-state index contributed by atoms with van der Waals surface area (Å²) < 4.78 is 0. The van der Waals surface area contributed by atoms with E-state index in [-0.39, 0.29) is 24.1 Å². The zero-order chi connectivity index (χ0) is 23.9. The Kier molecular flexibility index (Phi) is 7.60. The Morgan fingerprint density at radius 2 is 1.65 bits per heavy atom. The van der Waals surface area contributed by atoms with Crippen LogP contribution >= 0.6 is 11.8 Å². The van der Waals surface area contributed by atoms with Crippen molar-refractivity contribution in [2.24, 2.45) is 4.99 Å². The first-order valence-electron chi connectivity index (χ1n) is 11.2. The van der Waals surface area contributed by atoms with Crippen LogP contribution in [0.1, 0.15) is 41.6 Å². The minimum Gasteiger partial charge on any atom is -0.351 e. The van der Waals surface area contributed by atoms with Gasteiger partial charge in [-0.15, -0.1) is 0 Å². The molecule has 1 fully saturated rings. The fraction of sp³-hybridized carbons (Fsp3) is 0.320. The SMILES string of the molecule is N#CCc1ccc(NC(=O)c2ccc(NC(=O)CC3SC(N4CCCCC4)=NC3=O)cc2)cc1. The number of thioether (sulfide) groups is 1. The molecule has 2 aliphatic rings. The van der Waals surface area contributed by atoms with Crippen molar-refractivity contribution in [3.63, 3.8) is 0 Å². The van der Waals surface area contributed by atoms with Gasteiger partial charge in [0.2, 0.25) is 5.91 Å². The first-order valence-corrected chi connectivity index (χ1v) is 12.1. The molecular weight excluding hydrogens is 450 g/mol. The van der Waals surface area contributed by atoms with Gasteiger partial charge in [0, 0.05) is 36.4 Å². The molecule has 0 radical (unpaired) electrons. The first kappa shape index (κ1) is 23.5. The van der Waals surface area contributed by atoms with Crippen LogP contribution in [0.2, 0.25) is 0 Å². The fourth-order valence-corrected chi connectivity index (χ4v) is 4.93. The van der Waals surface area contributed by atoms with Gasteiger partial charge in [-0.3, -0.25) is 14.4 Å². The molecule has 2 aliphatic heterocycles. The Morgan fingerprint density at radius 1 is 1.00 bits per heavy atom. The molecule has 174 valence electrons. The molecule has 0 spiro atoms. The monoisotopic (exact) mass is 475 g/mol. The molecule has 2 aromatic carbocycles. The average molecular weight is 476 g/mol. The molecule has 8 nitrogen and oxygen atoms in total. The summed E-state index contributed by atoms with van der Waals surface area (Å²) in [5, 5.41) is 14.6. The second kappa shape index (κ2) is 11.0. The van der Waals surface area contributed by atoms with Gasteiger partial charge < -0.3 is 15.5 Å². The van der Waals surface area contributed by atoms with E-state index in [1.807, 2.05) is 0 Å². The molecule has 0 aromatic heterocycles. The largest absolute Gasteiger partial charge is 0.351 e. The number of nitrogens with one attached hydrogen (secondary N) is 2. The quantitative estimate of drug-likeness (QED) is 0.656. The van der Waals surface area contributed by atoms with Crippen LogP contribution in [0.25, 0.3) is 0 Å². The molecule has 1 saturated heterocycles. The van der Waals surface area contributed by atoms with Crippen molar-refractivity contribution in [2.45, 2.75) is 37.4 Å². The van der Waals surface area contributed by atoms with Crippen molar-refractivity contribution in [3.8, 4) is 6.07 Å². The normalized spacial score (nSPS) is 17.6. The standard InChI is InChI=1S/C25H25N5O3S/c26-13-12-17-4-8-20(9-5-17)28-23(32)18-6-10-19(11-7-18)27-22(31)16-21-24(33)29-25(34-21)30-14-2-1-3-15-30/h4-11,21H,1-3,12,14-16H2,(H,27,31)(H,28,32). The number of nitrogens with zero attached hydrogens (tertiary/aromatic N) is 3. The van der Waals surface area contributed by atoms with Crippen molar-refractivity contribution in [3.05, 3.63) is 59.7 Å². The molecule has 4 rings (SSSR count). The smallest absolute Gasteiger partial charge is 0.262 e. The van der Waals surface area contributed by atoms with Gasteiger partial charge in [-0.2, -0.15) is 10.3 Å². The lowest BCUT2D eigenvalue weighted by atomic mass is 10.1. The minimum atomic E-state index is -0.499. The van der Waals surface area contributed by atoms with E-state index in [1.54, 1.807) is 48.5 Å². The molecule has 2 aromatic rings. The Hall–Kier alpha value is -3.64. The van der Waals surface area contributed by atoms with Crippen molar-refractivity contribution in [2.75, 3.05) is 23.7 Å². The third kappa shape index (κ3) is 6.02. The van der Waals surface area contributed by atoms with Gasteiger partial charge in [0.05, 0.1) is 12.5 Å². The summed E-state index contributed by atoms with van der Waals surface area (Å²) >= 11 is 1.37. The Balaban J connectivity index is 1.27. The predicted molar refractivity (Wildman–Crippen MR) is 133 cm³/mol. The van der Waals surface area contributed by atoms with Gasteiger partial charge in [-0.25, -0.2) is 0 Å². The lowest BCUT2D eigenvalue weighted by Crippen LogP contribution is -2.33. The number of carbonyl (C=O) groups is 3. The summed E-state index contributed by atoms with van der Waals surface area (Å²) in [5.41, 5.74) is 2.51. The summed E-state index contributed by atoms with van der Waals surface area (Å²) in [4.78, 5) is 43.5. The molecule has 3 amide bonds. The molecule has 9 heteroatoms. The highest BCUT2D eigenvalue weighted by molar-refractivity contribution is 8.15. The van der Waals surface area contributed by atoms with E-state index in [0.29, 0.717) is 23.4 Å². The average Bonchev–Trinajstić information content (AvgIpc) is 3.21. The van der Waals surface area contributed by atoms with Crippen LogP contribution < -0.4 is 10.6 Å². The number of anilines is 2. The van der Waals surface area contributed by atoms with Gasteiger partial charge in [0.1, 0.15) is 5.25 Å². The number of piperidine rings is 1. The van der Waals surface area contributed by atoms with Gasteiger partial charge in [0.15, 0.2) is 5.17 Å². The van der Waals surface area contributed by atoms with Crippen LogP contribution in [0.3, 0.4) is 0 Å². The van der Waals surface area contributed by atoms with Crippen molar-refractivity contribution < 1.29 is 14.4 Å². The molecule has 2 heterocycles. The number of carbonyl (C=O) groups excluding carboxylic acids is 3. The summed E-state index contributed by atoms with van der Waals surface area (Å²) in [6, 6.07) is 15.7. The molecular formula is C25H25N5O3S. The maximum Gasteiger partial charge on any atom is 0.262 e. The third-order valence-electron chi connectivity index (χ3n) is 5.65. The maximum absolute atomic E-state index is 12.5. The summed E-state index contributed by atoms with van der Waals surface area (Å²) in [5.74, 6) is -0.801. The van der Waals surface area contributed by atoms with Crippen molar-refractivity contribution >= 4 is 46.0 Å². The zero-order valence-electron chi connectivity index (χ0n) is 18.6. The van der Waals surface area contributed by atoms with E-state index in [0.717, 1.165) is 36.7 Å². The number of benzene rings is 2. The fourth-order valence-electron chi connectivity index (χ4n) is 3.82. The van der Waals surface area contributed by atoms with E-state index in [1.165, 1.54) is 18.2 Å². The molecule has 1 atom stereocenters. The zero-order valence-corrected chi connectivity index (χ0v) is 19.4. The summed E-state index contributed by atoms with van der Waals surface area (Å²) in [6.07, 6.45) is 3.77. The van der Waals surface area contributed by atoms with Crippen LogP contribution in [0.15, 0.2) is 53.5 Å². The Morgan fingerprint density at radius 3 is 2.32 bits per heavy atom. The number of amides is 3.